The van der Waals surface area contributed by atoms with Gasteiger partial charge in [0.05, 0.1) is 25.2 Å². The van der Waals surface area contributed by atoms with E-state index in [2.05, 4.69) is 123 Å². The van der Waals surface area contributed by atoms with E-state index < -0.39 is 18.2 Å². The Balaban J connectivity index is 4.75. The number of esters is 1. The largest absolute Gasteiger partial charge is 0.462 e. The van der Waals surface area contributed by atoms with Gasteiger partial charge >= 0.3 is 5.97 Å². The molecule has 0 saturated carbocycles. The Morgan fingerprint density at radius 1 is 0.426 bits per heavy atom. The SMILES string of the molecule is CCCCC/C=C\C/C=C\C/C=C\C/C=C\CCCCCC(=O)OC(CCC/C=C\C/C=C\C/C=C\C/C=C\CCCCC)CC(=O)NC(CO)C(O)CCCCCCCCCCCCCCC. The van der Waals surface area contributed by atoms with Crippen LogP contribution in [0, 0.1) is 0 Å². The molecule has 6 heteroatoms. The minimum Gasteiger partial charge on any atom is -0.462 e. The van der Waals surface area contributed by atoms with Crippen LogP contribution >= 0.6 is 0 Å². The van der Waals surface area contributed by atoms with Gasteiger partial charge in [0, 0.05) is 6.42 Å². The molecule has 0 aliphatic carbocycles. The van der Waals surface area contributed by atoms with E-state index >= 15 is 0 Å². The summed E-state index contributed by atoms with van der Waals surface area (Å²) in [5.41, 5.74) is 0. The molecule has 0 saturated heterocycles. The fraction of sp³-hybridized carbons (Fsp3) is 0.710. The number of allylic oxidation sites excluding steroid dienone is 16. The molecule has 0 bridgehead atoms. The summed E-state index contributed by atoms with van der Waals surface area (Å²) in [5, 5.41) is 23.8. The van der Waals surface area contributed by atoms with Crippen LogP contribution < -0.4 is 5.32 Å². The average Bonchev–Trinajstić information content (AvgIpc) is 3.33. The highest BCUT2D eigenvalue weighted by Crippen LogP contribution is 2.17. The fourth-order valence-corrected chi connectivity index (χ4v) is 8.05. The van der Waals surface area contributed by atoms with Crippen molar-refractivity contribution in [3.05, 3.63) is 97.2 Å². The predicted octanol–water partition coefficient (Wildman–Crippen LogP) is 17.7. The van der Waals surface area contributed by atoms with Gasteiger partial charge in [-0.3, -0.25) is 9.59 Å². The zero-order valence-corrected chi connectivity index (χ0v) is 44.5. The molecular formula is C62H107NO5. The first kappa shape index (κ1) is 64.8. The summed E-state index contributed by atoms with van der Waals surface area (Å²) in [6, 6.07) is -0.732. The van der Waals surface area contributed by atoms with E-state index in [1.165, 1.54) is 116 Å². The van der Waals surface area contributed by atoms with E-state index in [0.29, 0.717) is 19.3 Å². The number of hydrogen-bond donors (Lipinski definition) is 3. The minimum absolute atomic E-state index is 0.0222. The first-order valence-electron chi connectivity index (χ1n) is 28.5. The Labute approximate surface area is 420 Å². The highest BCUT2D eigenvalue weighted by atomic mass is 16.5. The molecule has 3 unspecified atom stereocenters. The van der Waals surface area contributed by atoms with Crippen molar-refractivity contribution in [1.29, 1.82) is 0 Å². The number of amides is 1. The molecule has 3 N–H and O–H groups in total. The van der Waals surface area contributed by atoms with Gasteiger partial charge in [0.15, 0.2) is 0 Å². The lowest BCUT2D eigenvalue weighted by Crippen LogP contribution is -2.46. The molecule has 0 fully saturated rings. The minimum atomic E-state index is -0.814. The maximum atomic E-state index is 13.3. The zero-order valence-electron chi connectivity index (χ0n) is 44.5. The number of hydrogen-bond acceptors (Lipinski definition) is 5. The Hall–Kier alpha value is -3.22. The molecule has 0 aliphatic rings. The molecule has 0 rings (SSSR count). The number of carbonyl (C=O) groups excluding carboxylic acids is 2. The summed E-state index contributed by atoms with van der Waals surface area (Å²) < 4.78 is 5.92. The average molecular weight is 947 g/mol. The first-order chi connectivity index (χ1) is 33.5. The molecule has 0 aromatic rings. The Morgan fingerprint density at radius 3 is 1.18 bits per heavy atom. The van der Waals surface area contributed by atoms with Gasteiger partial charge < -0.3 is 20.3 Å². The van der Waals surface area contributed by atoms with Crippen molar-refractivity contribution >= 4 is 11.9 Å². The molecule has 68 heavy (non-hydrogen) atoms. The monoisotopic (exact) mass is 946 g/mol. The van der Waals surface area contributed by atoms with E-state index in [4.69, 9.17) is 4.74 Å². The smallest absolute Gasteiger partial charge is 0.306 e. The standard InChI is InChI=1S/C62H107NO5/c1-4-7-10-13-16-19-22-25-27-29-30-32-34-37-40-43-46-49-52-55-62(67)68-58(53-50-47-44-41-38-36-33-31-28-26-23-20-17-14-11-8-5-2)56-61(66)63-59(57-64)60(65)54-51-48-45-42-39-35-24-21-18-15-12-9-6-3/h16-17,19-20,25-28,30,32-33,36-37,40-41,44,58-60,64-65H,4-15,18,21-24,29,31,34-35,38-39,42-43,45-57H2,1-3H3,(H,63,66)/b19-16-,20-17-,27-25-,28-26-,32-30-,36-33-,40-37-,44-41-. The number of nitrogens with one attached hydrogen (secondary N) is 1. The van der Waals surface area contributed by atoms with Crippen LogP contribution in [0.4, 0.5) is 0 Å². The molecule has 0 spiro atoms. The van der Waals surface area contributed by atoms with E-state index in [1.54, 1.807) is 0 Å². The molecule has 390 valence electrons. The molecule has 6 nitrogen and oxygen atoms in total. The number of aliphatic hydroxyl groups is 2. The fourth-order valence-electron chi connectivity index (χ4n) is 8.05. The van der Waals surface area contributed by atoms with E-state index in [0.717, 1.165) is 96.3 Å². The molecule has 1 amide bonds. The summed E-state index contributed by atoms with van der Waals surface area (Å²) in [5.74, 6) is -0.567. The normalized spacial score (nSPS) is 13.9. The first-order valence-corrected chi connectivity index (χ1v) is 28.5. The maximum Gasteiger partial charge on any atom is 0.306 e. The van der Waals surface area contributed by atoms with Gasteiger partial charge in [0.2, 0.25) is 5.91 Å². The highest BCUT2D eigenvalue weighted by Gasteiger charge is 2.24. The van der Waals surface area contributed by atoms with Gasteiger partial charge in [-0.1, -0.05) is 234 Å². The van der Waals surface area contributed by atoms with E-state index in [1.807, 2.05) is 0 Å². The summed E-state index contributed by atoms with van der Waals surface area (Å²) in [6.45, 7) is 6.41. The number of ether oxygens (including phenoxy) is 1. The van der Waals surface area contributed by atoms with Gasteiger partial charge in [-0.2, -0.15) is 0 Å². The third-order valence-electron chi connectivity index (χ3n) is 12.4. The zero-order chi connectivity index (χ0) is 49.5. The number of rotatable bonds is 50. The molecule has 0 aromatic heterocycles. The highest BCUT2D eigenvalue weighted by molar-refractivity contribution is 5.77. The molecule has 3 atom stereocenters. The van der Waals surface area contributed by atoms with Crippen molar-refractivity contribution < 1.29 is 24.5 Å². The Kier molecular flexibility index (Phi) is 52.1. The molecule has 0 aliphatic heterocycles. The summed E-state index contributed by atoms with van der Waals surface area (Å²) >= 11 is 0. The number of carbonyl (C=O) groups is 2. The third-order valence-corrected chi connectivity index (χ3v) is 12.4. The van der Waals surface area contributed by atoms with Gasteiger partial charge in [0.25, 0.3) is 0 Å². The van der Waals surface area contributed by atoms with Crippen LogP contribution in [0.3, 0.4) is 0 Å². The van der Waals surface area contributed by atoms with Gasteiger partial charge in [-0.25, -0.2) is 0 Å². The van der Waals surface area contributed by atoms with Gasteiger partial charge in [-0.15, -0.1) is 0 Å². The van der Waals surface area contributed by atoms with Crippen molar-refractivity contribution in [2.45, 2.75) is 277 Å². The van der Waals surface area contributed by atoms with Crippen LogP contribution in [0.1, 0.15) is 258 Å². The molecule has 0 radical (unpaired) electrons. The maximum absolute atomic E-state index is 13.3. The van der Waals surface area contributed by atoms with E-state index in [-0.39, 0.29) is 24.9 Å². The second kappa shape index (κ2) is 54.7. The van der Waals surface area contributed by atoms with E-state index in [9.17, 15) is 19.8 Å². The van der Waals surface area contributed by atoms with Crippen molar-refractivity contribution in [1.82, 2.24) is 5.32 Å². The van der Waals surface area contributed by atoms with Crippen LogP contribution in [0.25, 0.3) is 0 Å². The second-order valence-electron chi connectivity index (χ2n) is 19.0. The van der Waals surface area contributed by atoms with Crippen LogP contribution in [-0.2, 0) is 14.3 Å². The number of unbranched alkanes of at least 4 members (excludes halogenated alkanes) is 22. The van der Waals surface area contributed by atoms with Crippen LogP contribution in [0.5, 0.6) is 0 Å². The van der Waals surface area contributed by atoms with Crippen molar-refractivity contribution in [2.75, 3.05) is 6.61 Å². The molecule has 0 aromatic carbocycles. The van der Waals surface area contributed by atoms with Crippen LogP contribution in [0.2, 0.25) is 0 Å². The summed E-state index contributed by atoms with van der Waals surface area (Å²) in [4.78, 5) is 26.2. The lowest BCUT2D eigenvalue weighted by atomic mass is 10.0. The third kappa shape index (κ3) is 49.2. The van der Waals surface area contributed by atoms with Crippen molar-refractivity contribution in [3.63, 3.8) is 0 Å². The lowest BCUT2D eigenvalue weighted by molar-refractivity contribution is -0.151. The Bertz CT molecular complexity index is 1340. The second-order valence-corrected chi connectivity index (χ2v) is 19.0. The van der Waals surface area contributed by atoms with Gasteiger partial charge in [0.1, 0.15) is 6.10 Å². The van der Waals surface area contributed by atoms with Crippen molar-refractivity contribution in [3.8, 4) is 0 Å². The topological polar surface area (TPSA) is 95.9 Å². The van der Waals surface area contributed by atoms with Crippen LogP contribution in [0.15, 0.2) is 97.2 Å². The molecular weight excluding hydrogens is 839 g/mol. The number of aliphatic hydroxyl groups excluding tert-OH is 2. The summed E-state index contributed by atoms with van der Waals surface area (Å²) in [6.07, 6.45) is 73.2. The lowest BCUT2D eigenvalue weighted by Gasteiger charge is -2.24. The predicted molar refractivity (Wildman–Crippen MR) is 296 cm³/mol. The Morgan fingerprint density at radius 2 is 0.765 bits per heavy atom. The summed E-state index contributed by atoms with van der Waals surface area (Å²) in [7, 11) is 0. The molecule has 0 heterocycles. The van der Waals surface area contributed by atoms with Crippen LogP contribution in [-0.4, -0.2) is 46.9 Å². The quantitative estimate of drug-likeness (QED) is 0.0321. The van der Waals surface area contributed by atoms with Crippen molar-refractivity contribution in [2.24, 2.45) is 0 Å². The van der Waals surface area contributed by atoms with Gasteiger partial charge in [-0.05, 0) is 109 Å².